The van der Waals surface area contributed by atoms with E-state index in [1.165, 1.54) is 6.26 Å². The molecule has 0 aromatic heterocycles. The zero-order valence-corrected chi connectivity index (χ0v) is 8.68. The Labute approximate surface area is 79.4 Å². The van der Waals surface area contributed by atoms with Gasteiger partial charge >= 0.3 is 0 Å². The van der Waals surface area contributed by atoms with Gasteiger partial charge in [-0.05, 0) is 12.8 Å². The molecule has 0 bridgehead atoms. The van der Waals surface area contributed by atoms with Crippen molar-refractivity contribution in [2.75, 3.05) is 19.3 Å². The van der Waals surface area contributed by atoms with Crippen LogP contribution in [0.2, 0.25) is 0 Å². The number of nitrogens with zero attached hydrogens (tertiary/aromatic N) is 1. The first kappa shape index (κ1) is 9.43. The third kappa shape index (κ3) is 1.73. The number of rotatable bonds is 1. The van der Waals surface area contributed by atoms with E-state index in [-0.39, 0.29) is 6.04 Å². The molecular formula is C8H16N2O2S. The SMILES string of the molecule is CS(=O)(=O)N1CCNC2CCCC21. The van der Waals surface area contributed by atoms with Gasteiger partial charge in [0.15, 0.2) is 0 Å². The van der Waals surface area contributed by atoms with Crippen LogP contribution in [-0.2, 0) is 10.0 Å². The third-order valence-electron chi connectivity index (χ3n) is 3.01. The fourth-order valence-corrected chi connectivity index (χ4v) is 3.63. The van der Waals surface area contributed by atoms with Crippen LogP contribution in [0.4, 0.5) is 0 Å². The van der Waals surface area contributed by atoms with Crippen LogP contribution in [0.15, 0.2) is 0 Å². The average Bonchev–Trinajstić information content (AvgIpc) is 2.48. The van der Waals surface area contributed by atoms with Crippen molar-refractivity contribution < 1.29 is 8.42 Å². The van der Waals surface area contributed by atoms with Crippen LogP contribution < -0.4 is 5.32 Å². The van der Waals surface area contributed by atoms with Crippen molar-refractivity contribution >= 4 is 10.0 Å². The molecule has 1 saturated carbocycles. The van der Waals surface area contributed by atoms with Gasteiger partial charge in [0.2, 0.25) is 10.0 Å². The van der Waals surface area contributed by atoms with Gasteiger partial charge < -0.3 is 5.32 Å². The fraction of sp³-hybridized carbons (Fsp3) is 1.00. The summed E-state index contributed by atoms with van der Waals surface area (Å²) in [4.78, 5) is 0. The minimum atomic E-state index is -2.99. The molecule has 2 aliphatic rings. The van der Waals surface area contributed by atoms with E-state index in [4.69, 9.17) is 0 Å². The summed E-state index contributed by atoms with van der Waals surface area (Å²) in [7, 11) is -2.99. The zero-order chi connectivity index (χ0) is 9.47. The van der Waals surface area contributed by atoms with E-state index in [2.05, 4.69) is 5.32 Å². The molecule has 1 aliphatic heterocycles. The van der Waals surface area contributed by atoms with Crippen LogP contribution >= 0.6 is 0 Å². The molecule has 2 rings (SSSR count). The van der Waals surface area contributed by atoms with Gasteiger partial charge in [0.25, 0.3) is 0 Å². The lowest BCUT2D eigenvalue weighted by molar-refractivity contribution is 0.233. The van der Waals surface area contributed by atoms with Crippen LogP contribution in [0.5, 0.6) is 0 Å². The molecule has 13 heavy (non-hydrogen) atoms. The monoisotopic (exact) mass is 204 g/mol. The quantitative estimate of drug-likeness (QED) is 0.642. The van der Waals surface area contributed by atoms with Crippen molar-refractivity contribution in [2.24, 2.45) is 0 Å². The lowest BCUT2D eigenvalue weighted by Crippen LogP contribution is -2.56. The standard InChI is InChI=1S/C8H16N2O2S/c1-13(11,12)10-6-5-9-7-3-2-4-8(7)10/h7-9H,2-6H2,1H3. The highest BCUT2D eigenvalue weighted by atomic mass is 32.2. The van der Waals surface area contributed by atoms with Crippen molar-refractivity contribution in [1.82, 2.24) is 9.62 Å². The smallest absolute Gasteiger partial charge is 0.211 e. The molecule has 0 spiro atoms. The van der Waals surface area contributed by atoms with Crippen molar-refractivity contribution in [3.8, 4) is 0 Å². The molecule has 2 atom stereocenters. The second kappa shape index (κ2) is 3.22. The molecule has 1 aliphatic carbocycles. The summed E-state index contributed by atoms with van der Waals surface area (Å²) >= 11 is 0. The summed E-state index contributed by atoms with van der Waals surface area (Å²) in [6.45, 7) is 1.44. The third-order valence-corrected chi connectivity index (χ3v) is 4.32. The van der Waals surface area contributed by atoms with Gasteiger partial charge in [-0.15, -0.1) is 0 Å². The first-order chi connectivity index (χ1) is 6.09. The zero-order valence-electron chi connectivity index (χ0n) is 7.86. The van der Waals surface area contributed by atoms with E-state index >= 15 is 0 Å². The van der Waals surface area contributed by atoms with E-state index in [1.54, 1.807) is 4.31 Å². The molecule has 0 aromatic carbocycles. The summed E-state index contributed by atoms with van der Waals surface area (Å²) in [5, 5.41) is 3.38. The Morgan fingerprint density at radius 2 is 2.15 bits per heavy atom. The first-order valence-electron chi connectivity index (χ1n) is 4.79. The molecule has 0 amide bonds. The largest absolute Gasteiger partial charge is 0.311 e. The van der Waals surface area contributed by atoms with Crippen molar-refractivity contribution in [1.29, 1.82) is 0 Å². The lowest BCUT2D eigenvalue weighted by Gasteiger charge is -2.36. The maximum atomic E-state index is 11.4. The van der Waals surface area contributed by atoms with Crippen LogP contribution in [0.25, 0.3) is 0 Å². The number of sulfonamides is 1. The first-order valence-corrected chi connectivity index (χ1v) is 6.64. The second-order valence-corrected chi connectivity index (χ2v) is 5.87. The molecule has 2 unspecified atom stereocenters. The Kier molecular flexibility index (Phi) is 2.33. The number of hydrogen-bond acceptors (Lipinski definition) is 3. The number of hydrogen-bond donors (Lipinski definition) is 1. The highest BCUT2D eigenvalue weighted by Gasteiger charge is 2.38. The minimum Gasteiger partial charge on any atom is -0.311 e. The summed E-state index contributed by atoms with van der Waals surface area (Å²) in [5.41, 5.74) is 0. The Hall–Kier alpha value is -0.130. The summed E-state index contributed by atoms with van der Waals surface area (Å²) < 4.78 is 24.5. The lowest BCUT2D eigenvalue weighted by atomic mass is 10.1. The van der Waals surface area contributed by atoms with E-state index in [1.807, 2.05) is 0 Å². The van der Waals surface area contributed by atoms with Gasteiger partial charge in [0.05, 0.1) is 6.26 Å². The topological polar surface area (TPSA) is 49.4 Å². The Balaban J connectivity index is 2.19. The van der Waals surface area contributed by atoms with Crippen molar-refractivity contribution in [2.45, 2.75) is 31.3 Å². The number of piperazine rings is 1. The predicted molar refractivity (Wildman–Crippen MR) is 51.0 cm³/mol. The normalized spacial score (nSPS) is 36.1. The van der Waals surface area contributed by atoms with Crippen LogP contribution in [-0.4, -0.2) is 44.2 Å². The van der Waals surface area contributed by atoms with Gasteiger partial charge in [-0.25, -0.2) is 8.42 Å². The number of fused-ring (bicyclic) bond motifs is 1. The van der Waals surface area contributed by atoms with Crippen LogP contribution in [0.3, 0.4) is 0 Å². The predicted octanol–water partition coefficient (Wildman–Crippen LogP) is -0.228. The Bertz CT molecular complexity index is 289. The molecule has 5 heteroatoms. The molecule has 0 radical (unpaired) electrons. The molecule has 1 N–H and O–H groups in total. The van der Waals surface area contributed by atoms with E-state index in [0.29, 0.717) is 12.6 Å². The molecule has 2 fully saturated rings. The van der Waals surface area contributed by atoms with Crippen molar-refractivity contribution in [3.05, 3.63) is 0 Å². The Morgan fingerprint density at radius 3 is 2.85 bits per heavy atom. The maximum Gasteiger partial charge on any atom is 0.211 e. The van der Waals surface area contributed by atoms with Gasteiger partial charge in [-0.2, -0.15) is 4.31 Å². The summed E-state index contributed by atoms with van der Waals surface area (Å²) in [6.07, 6.45) is 4.60. The second-order valence-electron chi connectivity index (χ2n) is 3.93. The van der Waals surface area contributed by atoms with Crippen LogP contribution in [0, 0.1) is 0 Å². The average molecular weight is 204 g/mol. The molecule has 1 saturated heterocycles. The van der Waals surface area contributed by atoms with Gasteiger partial charge in [-0.3, -0.25) is 0 Å². The van der Waals surface area contributed by atoms with Gasteiger partial charge in [0, 0.05) is 25.2 Å². The van der Waals surface area contributed by atoms with Crippen molar-refractivity contribution in [3.63, 3.8) is 0 Å². The van der Waals surface area contributed by atoms with E-state index in [0.717, 1.165) is 25.8 Å². The molecule has 76 valence electrons. The van der Waals surface area contributed by atoms with E-state index < -0.39 is 10.0 Å². The summed E-state index contributed by atoms with van der Waals surface area (Å²) in [6, 6.07) is 0.632. The molecular weight excluding hydrogens is 188 g/mol. The Morgan fingerprint density at radius 1 is 1.38 bits per heavy atom. The minimum absolute atomic E-state index is 0.226. The highest BCUT2D eigenvalue weighted by Crippen LogP contribution is 2.27. The molecule has 0 aromatic rings. The highest BCUT2D eigenvalue weighted by molar-refractivity contribution is 7.88. The summed E-state index contributed by atoms with van der Waals surface area (Å²) in [5.74, 6) is 0. The maximum absolute atomic E-state index is 11.4. The number of nitrogens with one attached hydrogen (secondary N) is 1. The van der Waals surface area contributed by atoms with Gasteiger partial charge in [0.1, 0.15) is 0 Å². The molecule has 1 heterocycles. The van der Waals surface area contributed by atoms with Crippen LogP contribution in [0.1, 0.15) is 19.3 Å². The molecule has 4 nitrogen and oxygen atoms in total. The van der Waals surface area contributed by atoms with Gasteiger partial charge in [-0.1, -0.05) is 6.42 Å². The van der Waals surface area contributed by atoms with E-state index in [9.17, 15) is 8.42 Å². The fourth-order valence-electron chi connectivity index (χ4n) is 2.46.